The SMILES string of the molecule is Cc1noc(C)c1-c1cc(-c2ccccc2C2CC2)c2nc(C3CC3)[nH]c2c1.Cc1noc(C)c1-c1cc(C(O)(c2ccccn2)c2ccccn2)c2nc(C3(C)CC3)[nH]c2c1.Cc1noc(CN)c1-c1cc(C(O)(c2ccccn2)c2ccccn2)c2nc(C3CC3)[nH]c2c1.Cc1onc(CN)c1-c1cc(C(O)(c2ccccn2)c2ccccn2)c2nc(C3CC3)[nH]c2c1. The number of aryl methyl sites for hydroxylation is 6. The molecule has 27 nitrogen and oxygen atoms in total. The molecule has 0 spiro atoms. The molecule has 5 aliphatic rings. The number of nitrogens with one attached hydrogen (secondary N) is 4. The first kappa shape index (κ1) is 82.5. The lowest BCUT2D eigenvalue weighted by molar-refractivity contribution is 0.117. The first-order valence-corrected chi connectivity index (χ1v) is 44.4. The molecule has 0 radical (unpaired) electrons. The average molecular weight is 1730 g/mol. The number of hydrogen-bond donors (Lipinski definition) is 9. The molecule has 19 aromatic rings. The van der Waals surface area contributed by atoms with Crippen molar-refractivity contribution >= 4 is 44.1 Å². The van der Waals surface area contributed by atoms with Gasteiger partial charge in [0.05, 0.1) is 102 Å². The van der Waals surface area contributed by atoms with Gasteiger partial charge in [-0.25, -0.2) is 19.9 Å². The summed E-state index contributed by atoms with van der Waals surface area (Å²) in [5.74, 6) is 8.87. The summed E-state index contributed by atoms with van der Waals surface area (Å²) < 4.78 is 21.8. The third-order valence-electron chi connectivity index (χ3n) is 26.0. The highest BCUT2D eigenvalue weighted by atomic mass is 16.5. The Balaban J connectivity index is 0.000000105. The number of rotatable bonds is 21. The van der Waals surface area contributed by atoms with Gasteiger partial charge in [0.25, 0.3) is 0 Å². The lowest BCUT2D eigenvalue weighted by atomic mass is 9.83. The van der Waals surface area contributed by atoms with Crippen LogP contribution in [0.1, 0.15) is 220 Å². The zero-order valence-electron chi connectivity index (χ0n) is 73.0. The highest BCUT2D eigenvalue weighted by Crippen LogP contribution is 2.53. The summed E-state index contributed by atoms with van der Waals surface area (Å²) in [4.78, 5) is 61.3. The van der Waals surface area contributed by atoms with E-state index in [1.807, 2.05) is 157 Å². The summed E-state index contributed by atoms with van der Waals surface area (Å²) in [6.07, 6.45) is 21.7. The Kier molecular flexibility index (Phi) is 20.9. The number of nitrogens with two attached hydrogens (primary N) is 2. The smallest absolute Gasteiger partial charge is 0.176 e. The number of aromatic nitrogens is 18. The standard InChI is InChI=1S/C27H25N5O2.2C26H24N6O2.C24H23N3O/c1-16-23(17(2)34-32-16)18-14-19(24-20(15-18)30-25(31-24)26(3)10-11-26)27(33,21-8-4-6-12-28-21)22-9-5-7-13-29-22;1-15-23(20(14-27)32-34-15)17-12-18(24-19(13-17)30-25(31-24)16-8-9-16)26(33,21-6-2-4-10-28-21)22-7-3-5-11-29-22;1-15-23(20(14-27)34-32-15)17-12-18(24-19(13-17)30-25(31-24)16-8-9-16)26(33,21-6-2-4-10-28-21)22-7-3-5-11-29-22;1-13-22(14(2)28-27-13)17-11-20(19-6-4-3-5-18(19)15-7-8-15)23-21(12-17)25-24(26-23)16-9-10-16/h4-9,12-15,33H,10-11H2,1-3H3,(H,30,31);2*2-7,10-13,16,33H,8-9,14,27H2,1H3,(H,30,31);3-6,11-12,15-16H,7-10H2,1-2H3,(H,25,26). The average Bonchev–Trinajstić information content (AvgIpc) is 1.63. The maximum absolute atomic E-state index is 12.5. The molecular formula is C103H96N20O7. The molecule has 130 heavy (non-hydrogen) atoms. The second kappa shape index (κ2) is 33.0. The van der Waals surface area contributed by atoms with Crippen molar-refractivity contribution in [1.82, 2.24) is 90.4 Å². The van der Waals surface area contributed by atoms with Crippen LogP contribution in [0.2, 0.25) is 0 Å². The summed E-state index contributed by atoms with van der Waals surface area (Å²) in [6, 6.07) is 58.2. The molecule has 5 aliphatic carbocycles. The molecular weight excluding hydrogens is 1630 g/mol. The molecule has 27 heteroatoms. The van der Waals surface area contributed by atoms with Gasteiger partial charge in [0, 0.05) is 111 Å². The second-order valence-electron chi connectivity index (χ2n) is 35.2. The zero-order chi connectivity index (χ0) is 88.9. The highest BCUT2D eigenvalue weighted by Gasteiger charge is 2.47. The third-order valence-corrected chi connectivity index (χ3v) is 26.0. The maximum Gasteiger partial charge on any atom is 0.176 e. The summed E-state index contributed by atoms with van der Waals surface area (Å²) in [5, 5.41) is 54.0. The molecule has 5 aromatic carbocycles. The van der Waals surface area contributed by atoms with Crippen LogP contribution in [0, 0.1) is 41.5 Å². The topological polar surface area (TPSA) is 409 Å². The summed E-state index contributed by atoms with van der Waals surface area (Å²) in [7, 11) is 0. The van der Waals surface area contributed by atoms with Gasteiger partial charge in [-0.05, 0) is 266 Å². The van der Waals surface area contributed by atoms with E-state index in [4.69, 9.17) is 49.5 Å². The van der Waals surface area contributed by atoms with E-state index in [1.165, 1.54) is 42.4 Å². The van der Waals surface area contributed by atoms with Crippen LogP contribution in [0.25, 0.3) is 99.8 Å². The number of pyridine rings is 6. The van der Waals surface area contributed by atoms with Crippen LogP contribution in [0.5, 0.6) is 0 Å². The number of hydrogen-bond acceptors (Lipinski definition) is 23. The van der Waals surface area contributed by atoms with E-state index in [0.29, 0.717) is 108 Å². The van der Waals surface area contributed by atoms with E-state index in [1.54, 1.807) is 61.4 Å². The fourth-order valence-electron chi connectivity index (χ4n) is 18.3. The molecule has 0 saturated heterocycles. The van der Waals surface area contributed by atoms with Crippen molar-refractivity contribution in [2.75, 3.05) is 0 Å². The Morgan fingerprint density at radius 2 is 0.692 bits per heavy atom. The minimum Gasteiger partial charge on any atom is -0.373 e. The maximum atomic E-state index is 12.5. The first-order chi connectivity index (χ1) is 63.3. The van der Waals surface area contributed by atoms with Crippen LogP contribution >= 0.6 is 0 Å². The van der Waals surface area contributed by atoms with Gasteiger partial charge in [-0.2, -0.15) is 0 Å². The number of H-pyrrole nitrogens is 4. The van der Waals surface area contributed by atoms with Gasteiger partial charge in [0.15, 0.2) is 22.6 Å². The number of imidazole rings is 4. The molecule has 14 aromatic heterocycles. The molecule has 5 saturated carbocycles. The monoisotopic (exact) mass is 1720 g/mol. The molecule has 0 unspecified atom stereocenters. The van der Waals surface area contributed by atoms with Gasteiger partial charge in [-0.3, -0.25) is 29.9 Å². The number of nitrogens with zero attached hydrogens (tertiary/aromatic N) is 14. The fraction of sp³-hybridized carbons (Fsp3) is 0.262. The van der Waals surface area contributed by atoms with Gasteiger partial charge in [-0.1, -0.05) is 88.2 Å². The minimum absolute atomic E-state index is 0.0353. The van der Waals surface area contributed by atoms with E-state index in [9.17, 15) is 15.3 Å². The van der Waals surface area contributed by atoms with Crippen LogP contribution < -0.4 is 11.5 Å². The predicted octanol–water partition coefficient (Wildman–Crippen LogP) is 19.1. The van der Waals surface area contributed by atoms with E-state index >= 15 is 0 Å². The van der Waals surface area contributed by atoms with Gasteiger partial charge in [0.2, 0.25) is 0 Å². The highest BCUT2D eigenvalue weighted by molar-refractivity contribution is 5.98. The predicted molar refractivity (Wildman–Crippen MR) is 492 cm³/mol. The van der Waals surface area contributed by atoms with E-state index < -0.39 is 16.8 Å². The number of aromatic amines is 4. The molecule has 0 atom stereocenters. The van der Waals surface area contributed by atoms with Gasteiger partial charge in [-0.15, -0.1) is 0 Å². The number of fused-ring (bicyclic) bond motifs is 4. The van der Waals surface area contributed by atoms with Crippen LogP contribution in [-0.4, -0.2) is 106 Å². The summed E-state index contributed by atoms with van der Waals surface area (Å²) in [6.45, 7) is 14.2. The Bertz CT molecular complexity index is 7020. The molecule has 650 valence electrons. The van der Waals surface area contributed by atoms with E-state index in [2.05, 4.69) is 120 Å². The van der Waals surface area contributed by atoms with Crippen molar-refractivity contribution in [2.24, 2.45) is 11.5 Å². The second-order valence-corrected chi connectivity index (χ2v) is 35.2. The molecule has 24 rings (SSSR count). The molecule has 0 aliphatic heterocycles. The van der Waals surface area contributed by atoms with Gasteiger partial charge < -0.3 is 64.8 Å². The molecule has 0 amide bonds. The number of benzene rings is 5. The van der Waals surface area contributed by atoms with Gasteiger partial charge in [0.1, 0.15) is 46.3 Å². The van der Waals surface area contributed by atoms with Crippen molar-refractivity contribution in [2.45, 2.75) is 172 Å². The lowest BCUT2D eigenvalue weighted by Gasteiger charge is -2.28. The van der Waals surface area contributed by atoms with Crippen LogP contribution in [-0.2, 0) is 35.3 Å². The van der Waals surface area contributed by atoms with Crippen LogP contribution in [0.15, 0.2) is 237 Å². The minimum atomic E-state index is -1.64. The van der Waals surface area contributed by atoms with Crippen LogP contribution in [0.3, 0.4) is 0 Å². The summed E-state index contributed by atoms with van der Waals surface area (Å²) >= 11 is 0. The summed E-state index contributed by atoms with van der Waals surface area (Å²) in [5.41, 5.74) is 32.8. The third kappa shape index (κ3) is 15.0. The Morgan fingerprint density at radius 1 is 0.354 bits per heavy atom. The van der Waals surface area contributed by atoms with Crippen molar-refractivity contribution in [3.63, 3.8) is 0 Å². The largest absolute Gasteiger partial charge is 0.373 e. The Morgan fingerprint density at radius 3 is 1.07 bits per heavy atom. The molecule has 14 heterocycles. The Labute approximate surface area is 747 Å². The normalized spacial score (nSPS) is 14.9. The van der Waals surface area contributed by atoms with Crippen molar-refractivity contribution < 1.29 is 33.4 Å². The zero-order valence-corrected chi connectivity index (χ0v) is 73.0. The number of aliphatic hydroxyl groups is 3. The first-order valence-electron chi connectivity index (χ1n) is 44.4. The van der Waals surface area contributed by atoms with Crippen molar-refractivity contribution in [3.05, 3.63) is 345 Å². The van der Waals surface area contributed by atoms with Crippen LogP contribution in [0.4, 0.5) is 0 Å². The van der Waals surface area contributed by atoms with E-state index in [0.717, 1.165) is 163 Å². The van der Waals surface area contributed by atoms with Crippen molar-refractivity contribution in [1.29, 1.82) is 0 Å². The van der Waals surface area contributed by atoms with Gasteiger partial charge >= 0.3 is 0 Å². The fourth-order valence-corrected chi connectivity index (χ4v) is 18.3. The lowest BCUT2D eigenvalue weighted by Crippen LogP contribution is -2.31. The van der Waals surface area contributed by atoms with E-state index in [-0.39, 0.29) is 18.5 Å². The van der Waals surface area contributed by atoms with Crippen molar-refractivity contribution in [3.8, 4) is 55.6 Å². The quantitative estimate of drug-likeness (QED) is 0.0323. The molecule has 5 fully saturated rings. The Hall–Kier alpha value is -14.5. The molecule has 11 N–H and O–H groups in total. The molecule has 0 bridgehead atoms.